The Bertz CT molecular complexity index is 1140. The van der Waals surface area contributed by atoms with E-state index in [4.69, 9.17) is 11.0 Å². The van der Waals surface area contributed by atoms with Crippen molar-refractivity contribution in [1.29, 1.82) is 5.26 Å². The number of nitrogens with one attached hydrogen (secondary N) is 2. The Hall–Kier alpha value is -4.40. The average Bonchev–Trinajstić information content (AvgIpc) is 2.81. The van der Waals surface area contributed by atoms with Crippen LogP contribution in [-0.2, 0) is 0 Å². The molecule has 0 saturated carbocycles. The fourth-order valence-corrected chi connectivity index (χ4v) is 3.36. The molecule has 1 aliphatic heterocycles. The summed E-state index contributed by atoms with van der Waals surface area (Å²) in [6, 6.07) is 6.12. The van der Waals surface area contributed by atoms with Gasteiger partial charge in [0.2, 0.25) is 0 Å². The highest BCUT2D eigenvalue weighted by atomic mass is 19.1. The number of hydrogen-bond acceptors (Lipinski definition) is 10. The maximum atomic E-state index is 15.0. The van der Waals surface area contributed by atoms with Crippen molar-refractivity contribution in [3.63, 3.8) is 0 Å². The number of primary amides is 1. The quantitative estimate of drug-likeness (QED) is 0.518. The van der Waals surface area contributed by atoms with Crippen LogP contribution in [0.4, 0.5) is 27.5 Å². The van der Waals surface area contributed by atoms with Crippen molar-refractivity contribution in [3.05, 3.63) is 54.2 Å². The highest BCUT2D eigenvalue weighted by molar-refractivity contribution is 5.98. The predicted molar refractivity (Wildman–Crippen MR) is 114 cm³/mol. The molecule has 4 heterocycles. The van der Waals surface area contributed by atoms with Crippen LogP contribution in [0.3, 0.4) is 0 Å². The number of aromatic nitrogens is 5. The molecule has 162 valence electrons. The summed E-state index contributed by atoms with van der Waals surface area (Å²) in [5.74, 6) is 0.700. The Morgan fingerprint density at radius 3 is 2.75 bits per heavy atom. The summed E-state index contributed by atoms with van der Waals surface area (Å²) in [6.45, 7) is 0.598. The Morgan fingerprint density at radius 2 is 2.09 bits per heavy atom. The average molecular weight is 434 g/mol. The van der Waals surface area contributed by atoms with Gasteiger partial charge in [0.05, 0.1) is 30.0 Å². The molecule has 0 unspecified atom stereocenters. The van der Waals surface area contributed by atoms with Crippen molar-refractivity contribution in [1.82, 2.24) is 25.1 Å². The van der Waals surface area contributed by atoms with Crippen LogP contribution in [0.15, 0.2) is 43.0 Å². The van der Waals surface area contributed by atoms with Gasteiger partial charge < -0.3 is 21.3 Å². The predicted octanol–water partition coefficient (Wildman–Crippen LogP) is 1.40. The first-order chi connectivity index (χ1) is 15.5. The van der Waals surface area contributed by atoms with E-state index in [9.17, 15) is 4.79 Å². The number of nitrogens with two attached hydrogens (primary N) is 1. The maximum Gasteiger partial charge on any atom is 0.252 e. The molecule has 1 fully saturated rings. The second-order valence-electron chi connectivity index (χ2n) is 7.09. The van der Waals surface area contributed by atoms with E-state index >= 15 is 4.39 Å². The lowest BCUT2D eigenvalue weighted by molar-refractivity contribution is 0.100. The van der Waals surface area contributed by atoms with E-state index < -0.39 is 18.1 Å². The number of pyridine rings is 1. The van der Waals surface area contributed by atoms with Crippen molar-refractivity contribution in [2.75, 3.05) is 28.6 Å². The zero-order valence-corrected chi connectivity index (χ0v) is 16.8. The zero-order valence-electron chi connectivity index (χ0n) is 16.8. The fourth-order valence-electron chi connectivity index (χ4n) is 3.36. The van der Waals surface area contributed by atoms with Crippen LogP contribution in [0.5, 0.6) is 0 Å². The fraction of sp³-hybridized carbons (Fsp3) is 0.250. The van der Waals surface area contributed by atoms with Crippen LogP contribution >= 0.6 is 0 Å². The lowest BCUT2D eigenvalue weighted by atomic mass is 10.0. The molecule has 3 aromatic heterocycles. The minimum absolute atomic E-state index is 0.0833. The first-order valence-corrected chi connectivity index (χ1v) is 9.76. The van der Waals surface area contributed by atoms with Gasteiger partial charge in [-0.15, -0.1) is 10.2 Å². The first-order valence-electron chi connectivity index (χ1n) is 9.76. The molecule has 3 aromatic rings. The molecule has 1 aliphatic rings. The highest BCUT2D eigenvalue weighted by Crippen LogP contribution is 2.26. The molecular weight excluding hydrogens is 415 g/mol. The molecule has 11 nitrogen and oxygen atoms in total. The van der Waals surface area contributed by atoms with Gasteiger partial charge in [-0.05, 0) is 18.6 Å². The molecule has 32 heavy (non-hydrogen) atoms. The molecule has 2 atom stereocenters. The number of halogens is 1. The van der Waals surface area contributed by atoms with Crippen LogP contribution < -0.4 is 21.3 Å². The lowest BCUT2D eigenvalue weighted by Crippen LogP contribution is -2.48. The summed E-state index contributed by atoms with van der Waals surface area (Å²) >= 11 is 0. The topological polar surface area (TPSA) is 159 Å². The van der Waals surface area contributed by atoms with E-state index in [1.165, 1.54) is 18.6 Å². The second-order valence-corrected chi connectivity index (χ2v) is 7.09. The molecule has 1 amide bonds. The number of carbonyl (C=O) groups excluding carboxylic acids is 1. The van der Waals surface area contributed by atoms with Crippen LogP contribution in [0.1, 0.15) is 22.5 Å². The molecule has 0 aromatic carbocycles. The van der Waals surface area contributed by atoms with E-state index in [0.29, 0.717) is 36.1 Å². The number of rotatable bonds is 6. The Balaban J connectivity index is 1.48. The van der Waals surface area contributed by atoms with Crippen molar-refractivity contribution >= 4 is 29.0 Å². The summed E-state index contributed by atoms with van der Waals surface area (Å²) in [4.78, 5) is 25.9. The van der Waals surface area contributed by atoms with E-state index in [1.807, 2.05) is 6.07 Å². The van der Waals surface area contributed by atoms with Gasteiger partial charge in [-0.25, -0.2) is 14.4 Å². The Labute approximate surface area is 182 Å². The van der Waals surface area contributed by atoms with Crippen molar-refractivity contribution < 1.29 is 9.18 Å². The largest absolute Gasteiger partial charge is 0.378 e. The Morgan fingerprint density at radius 1 is 1.22 bits per heavy atom. The number of nitrogens with zero attached hydrogens (tertiary/aromatic N) is 7. The second kappa shape index (κ2) is 9.17. The summed E-state index contributed by atoms with van der Waals surface area (Å²) in [6.07, 6.45) is 5.11. The number of nitriles is 1. The third kappa shape index (κ3) is 4.67. The molecule has 0 radical (unpaired) electrons. The number of anilines is 4. The van der Waals surface area contributed by atoms with E-state index in [2.05, 4.69) is 35.8 Å². The van der Waals surface area contributed by atoms with Gasteiger partial charge in [0.1, 0.15) is 23.9 Å². The van der Waals surface area contributed by atoms with E-state index in [1.54, 1.807) is 29.3 Å². The number of hydrogen-bond donors (Lipinski definition) is 3. The van der Waals surface area contributed by atoms with Gasteiger partial charge in [-0.3, -0.25) is 9.78 Å². The molecule has 0 bridgehead atoms. The molecule has 1 saturated heterocycles. The molecule has 4 rings (SSSR count). The van der Waals surface area contributed by atoms with Crippen molar-refractivity contribution in [2.24, 2.45) is 5.73 Å². The summed E-state index contributed by atoms with van der Waals surface area (Å²) < 4.78 is 15.0. The van der Waals surface area contributed by atoms with Crippen molar-refractivity contribution in [2.45, 2.75) is 18.6 Å². The third-order valence-electron chi connectivity index (χ3n) is 4.96. The minimum atomic E-state index is -1.26. The van der Waals surface area contributed by atoms with Crippen molar-refractivity contribution in [3.8, 4) is 6.07 Å². The van der Waals surface area contributed by atoms with Gasteiger partial charge in [0.25, 0.3) is 5.91 Å². The summed E-state index contributed by atoms with van der Waals surface area (Å²) in [7, 11) is 0. The summed E-state index contributed by atoms with van der Waals surface area (Å²) in [5.41, 5.74) is 6.20. The van der Waals surface area contributed by atoms with Crippen LogP contribution in [0, 0.1) is 11.3 Å². The van der Waals surface area contributed by atoms with Crippen LogP contribution in [0.2, 0.25) is 0 Å². The Kier molecular flexibility index (Phi) is 5.98. The van der Waals surface area contributed by atoms with E-state index in [-0.39, 0.29) is 17.8 Å². The number of carbonyl (C=O) groups is 1. The van der Waals surface area contributed by atoms with Gasteiger partial charge in [-0.2, -0.15) is 5.26 Å². The third-order valence-corrected chi connectivity index (χ3v) is 4.96. The lowest BCUT2D eigenvalue weighted by Gasteiger charge is -2.36. The monoisotopic (exact) mass is 434 g/mol. The zero-order chi connectivity index (χ0) is 22.5. The van der Waals surface area contributed by atoms with Crippen LogP contribution in [-0.4, -0.2) is 56.4 Å². The minimum Gasteiger partial charge on any atom is -0.378 e. The van der Waals surface area contributed by atoms with Gasteiger partial charge in [-0.1, -0.05) is 0 Å². The van der Waals surface area contributed by atoms with Crippen LogP contribution in [0.25, 0.3) is 0 Å². The van der Waals surface area contributed by atoms with Gasteiger partial charge in [0, 0.05) is 31.2 Å². The van der Waals surface area contributed by atoms with Gasteiger partial charge >= 0.3 is 0 Å². The molecule has 0 aliphatic carbocycles. The number of alkyl halides is 1. The standard InChI is InChI=1S/C20H19FN10O/c21-14-11-31(19-2-1-12(8-22)29-30-19)6-3-15(14)27-16-7-17(26-9-13(16)20(23)32)28-18-10-24-4-5-25-18/h1-2,4-5,7,9-10,14-15H,3,6,11H2,(H2,23,32)(H2,25,26,27,28)/t14-,15+/m0/s1. The van der Waals surface area contributed by atoms with E-state index in [0.717, 1.165) is 0 Å². The smallest absolute Gasteiger partial charge is 0.252 e. The van der Waals surface area contributed by atoms with Gasteiger partial charge in [0.15, 0.2) is 11.5 Å². The SMILES string of the molecule is N#Cc1ccc(N2CC[C@@H](Nc3cc(Nc4cnccn4)ncc3C(N)=O)[C@@H](F)C2)nn1. The summed E-state index contributed by atoms with van der Waals surface area (Å²) in [5, 5.41) is 22.7. The first kappa shape index (κ1) is 20.9. The maximum absolute atomic E-state index is 15.0. The normalized spacial score (nSPS) is 17.9. The number of piperidine rings is 1. The number of amides is 1. The molecule has 12 heteroatoms. The molecule has 0 spiro atoms. The molecular formula is C20H19FN10O. The highest BCUT2D eigenvalue weighted by Gasteiger charge is 2.31. The molecule has 4 N–H and O–H groups in total.